The molecule has 0 aliphatic carbocycles. The van der Waals surface area contributed by atoms with Crippen molar-refractivity contribution in [3.8, 4) is 0 Å². The SMILES string of the molecule is CCOCC(C)OC(=O)C(N)CS. The lowest BCUT2D eigenvalue weighted by Crippen LogP contribution is -2.36. The molecular formula is C8H17NO3S. The third kappa shape index (κ3) is 5.90. The number of ether oxygens (including phenoxy) is 2. The van der Waals surface area contributed by atoms with Gasteiger partial charge in [0.2, 0.25) is 0 Å². The van der Waals surface area contributed by atoms with E-state index in [0.717, 1.165) is 0 Å². The van der Waals surface area contributed by atoms with Crippen LogP contribution >= 0.6 is 12.6 Å². The van der Waals surface area contributed by atoms with E-state index in [1.54, 1.807) is 6.92 Å². The summed E-state index contributed by atoms with van der Waals surface area (Å²) in [5, 5.41) is 0. The van der Waals surface area contributed by atoms with Crippen molar-refractivity contribution in [1.82, 2.24) is 0 Å². The van der Waals surface area contributed by atoms with Crippen LogP contribution in [0.4, 0.5) is 0 Å². The van der Waals surface area contributed by atoms with Crippen LogP contribution in [0.15, 0.2) is 0 Å². The molecule has 0 bridgehead atoms. The van der Waals surface area contributed by atoms with Gasteiger partial charge >= 0.3 is 5.97 Å². The quantitative estimate of drug-likeness (QED) is 0.483. The Morgan fingerprint density at radius 2 is 2.23 bits per heavy atom. The van der Waals surface area contributed by atoms with Gasteiger partial charge in [-0.15, -0.1) is 0 Å². The van der Waals surface area contributed by atoms with Crippen LogP contribution < -0.4 is 5.73 Å². The molecule has 0 saturated heterocycles. The molecule has 0 aromatic carbocycles. The molecule has 0 rings (SSSR count). The van der Waals surface area contributed by atoms with E-state index in [1.165, 1.54) is 0 Å². The molecule has 0 heterocycles. The Morgan fingerprint density at radius 3 is 2.69 bits per heavy atom. The maximum Gasteiger partial charge on any atom is 0.324 e. The molecule has 78 valence electrons. The molecule has 2 unspecified atom stereocenters. The van der Waals surface area contributed by atoms with E-state index in [2.05, 4.69) is 12.6 Å². The summed E-state index contributed by atoms with van der Waals surface area (Å²) in [5.74, 6) is -0.137. The third-order valence-corrected chi connectivity index (χ3v) is 1.77. The number of carbonyl (C=O) groups is 1. The Hall–Kier alpha value is -0.260. The zero-order valence-corrected chi connectivity index (χ0v) is 8.92. The zero-order chi connectivity index (χ0) is 10.3. The third-order valence-electron chi connectivity index (χ3n) is 1.37. The lowest BCUT2D eigenvalue weighted by Gasteiger charge is -2.15. The van der Waals surface area contributed by atoms with Crippen LogP contribution in [-0.4, -0.2) is 37.1 Å². The summed E-state index contributed by atoms with van der Waals surface area (Å²) in [7, 11) is 0. The highest BCUT2D eigenvalue weighted by Crippen LogP contribution is 1.96. The van der Waals surface area contributed by atoms with Gasteiger partial charge in [0.05, 0.1) is 6.61 Å². The summed E-state index contributed by atoms with van der Waals surface area (Å²) >= 11 is 3.89. The van der Waals surface area contributed by atoms with E-state index in [4.69, 9.17) is 15.2 Å². The number of rotatable bonds is 6. The Kier molecular flexibility index (Phi) is 7.03. The molecule has 0 aliphatic rings. The first-order valence-electron chi connectivity index (χ1n) is 4.26. The molecule has 0 radical (unpaired) electrons. The number of hydrogen-bond donors (Lipinski definition) is 2. The molecule has 13 heavy (non-hydrogen) atoms. The molecule has 5 heteroatoms. The van der Waals surface area contributed by atoms with Gasteiger partial charge in [-0.05, 0) is 13.8 Å². The first-order chi connectivity index (χ1) is 6.11. The van der Waals surface area contributed by atoms with E-state index in [1.807, 2.05) is 6.92 Å². The van der Waals surface area contributed by atoms with E-state index in [-0.39, 0.29) is 6.10 Å². The maximum atomic E-state index is 11.1. The summed E-state index contributed by atoms with van der Waals surface area (Å²) in [4.78, 5) is 11.1. The molecule has 4 nitrogen and oxygen atoms in total. The molecule has 0 aromatic rings. The van der Waals surface area contributed by atoms with Crippen molar-refractivity contribution in [2.75, 3.05) is 19.0 Å². The smallest absolute Gasteiger partial charge is 0.324 e. The van der Waals surface area contributed by atoms with E-state index < -0.39 is 12.0 Å². The maximum absolute atomic E-state index is 11.1. The summed E-state index contributed by atoms with van der Waals surface area (Å²) < 4.78 is 10.0. The molecule has 0 fully saturated rings. The zero-order valence-electron chi connectivity index (χ0n) is 8.03. The van der Waals surface area contributed by atoms with Crippen LogP contribution in [0.25, 0.3) is 0 Å². The minimum Gasteiger partial charge on any atom is -0.459 e. The minimum atomic E-state index is -0.646. The predicted molar refractivity (Wildman–Crippen MR) is 53.9 cm³/mol. The van der Waals surface area contributed by atoms with Crippen molar-refractivity contribution in [2.45, 2.75) is 26.0 Å². The van der Waals surface area contributed by atoms with Gasteiger partial charge in [-0.3, -0.25) is 4.79 Å². The van der Waals surface area contributed by atoms with Crippen molar-refractivity contribution in [1.29, 1.82) is 0 Å². The molecular weight excluding hydrogens is 190 g/mol. The number of carbonyl (C=O) groups excluding carboxylic acids is 1. The standard InChI is InChI=1S/C8H17NO3S/c1-3-11-4-6(2)12-8(10)7(9)5-13/h6-7,13H,3-5,9H2,1-2H3. The summed E-state index contributed by atoms with van der Waals surface area (Å²) in [6, 6.07) is -0.646. The normalized spacial score (nSPS) is 15.1. The summed E-state index contributed by atoms with van der Waals surface area (Å²) in [6.45, 7) is 4.66. The number of nitrogens with two attached hydrogens (primary N) is 1. The van der Waals surface area contributed by atoms with Crippen molar-refractivity contribution < 1.29 is 14.3 Å². The molecule has 2 N–H and O–H groups in total. The largest absolute Gasteiger partial charge is 0.459 e. The van der Waals surface area contributed by atoms with E-state index in [0.29, 0.717) is 19.0 Å². The second kappa shape index (κ2) is 7.17. The Morgan fingerprint density at radius 1 is 1.62 bits per heavy atom. The van der Waals surface area contributed by atoms with Gasteiger partial charge < -0.3 is 15.2 Å². The van der Waals surface area contributed by atoms with Crippen LogP contribution in [0, 0.1) is 0 Å². The van der Waals surface area contributed by atoms with E-state index >= 15 is 0 Å². The van der Waals surface area contributed by atoms with Crippen molar-refractivity contribution in [2.24, 2.45) is 5.73 Å². The highest BCUT2D eigenvalue weighted by molar-refractivity contribution is 7.80. The molecule has 0 aromatic heterocycles. The number of hydrogen-bond acceptors (Lipinski definition) is 5. The second-order valence-electron chi connectivity index (χ2n) is 2.70. The van der Waals surface area contributed by atoms with Crippen molar-refractivity contribution >= 4 is 18.6 Å². The van der Waals surface area contributed by atoms with Crippen LogP contribution in [0.3, 0.4) is 0 Å². The molecule has 0 amide bonds. The molecule has 0 aliphatic heterocycles. The Labute approximate surface area is 84.2 Å². The summed E-state index contributed by atoms with van der Waals surface area (Å²) in [5.41, 5.74) is 5.40. The second-order valence-corrected chi connectivity index (χ2v) is 3.06. The molecule has 0 saturated carbocycles. The average molecular weight is 207 g/mol. The van der Waals surface area contributed by atoms with Crippen LogP contribution in [-0.2, 0) is 14.3 Å². The Balaban J connectivity index is 3.64. The van der Waals surface area contributed by atoms with Crippen molar-refractivity contribution in [3.63, 3.8) is 0 Å². The molecule has 0 spiro atoms. The first kappa shape index (κ1) is 12.7. The van der Waals surface area contributed by atoms with E-state index in [9.17, 15) is 4.79 Å². The topological polar surface area (TPSA) is 61.5 Å². The Bertz CT molecular complexity index is 154. The predicted octanol–water partition coefficient (Wildman–Crippen LogP) is 0.212. The molecule has 2 atom stereocenters. The van der Waals surface area contributed by atoms with Gasteiger partial charge in [-0.1, -0.05) is 0 Å². The lowest BCUT2D eigenvalue weighted by molar-refractivity contribution is -0.151. The lowest BCUT2D eigenvalue weighted by atomic mass is 10.3. The fraction of sp³-hybridized carbons (Fsp3) is 0.875. The van der Waals surface area contributed by atoms with Gasteiger partial charge in [0.25, 0.3) is 0 Å². The van der Waals surface area contributed by atoms with Gasteiger partial charge in [0, 0.05) is 12.4 Å². The fourth-order valence-electron chi connectivity index (χ4n) is 0.678. The fourth-order valence-corrected chi connectivity index (χ4v) is 0.827. The van der Waals surface area contributed by atoms with Crippen molar-refractivity contribution in [3.05, 3.63) is 0 Å². The minimum absolute atomic E-state index is 0.251. The first-order valence-corrected chi connectivity index (χ1v) is 4.89. The van der Waals surface area contributed by atoms with Gasteiger partial charge in [-0.25, -0.2) is 0 Å². The van der Waals surface area contributed by atoms with Gasteiger partial charge in [-0.2, -0.15) is 12.6 Å². The summed E-state index contributed by atoms with van der Waals surface area (Å²) in [6.07, 6.45) is -0.251. The van der Waals surface area contributed by atoms with Crippen LogP contribution in [0.5, 0.6) is 0 Å². The highest BCUT2D eigenvalue weighted by Gasteiger charge is 2.15. The van der Waals surface area contributed by atoms with Crippen LogP contribution in [0.1, 0.15) is 13.8 Å². The number of esters is 1. The average Bonchev–Trinajstić information content (AvgIpc) is 2.13. The number of thiol groups is 1. The monoisotopic (exact) mass is 207 g/mol. The van der Waals surface area contributed by atoms with Crippen LogP contribution in [0.2, 0.25) is 0 Å². The van der Waals surface area contributed by atoms with Gasteiger partial charge in [0.1, 0.15) is 12.1 Å². The highest BCUT2D eigenvalue weighted by atomic mass is 32.1. The van der Waals surface area contributed by atoms with Gasteiger partial charge in [0.15, 0.2) is 0 Å².